The van der Waals surface area contributed by atoms with E-state index in [1.165, 1.54) is 0 Å². The fraction of sp³-hybridized carbons (Fsp3) is 0.130. The number of phenols is 1. The highest BCUT2D eigenvalue weighted by molar-refractivity contribution is 7.92. The van der Waals surface area contributed by atoms with Crippen molar-refractivity contribution in [3.63, 3.8) is 0 Å². The number of hydrogen-bond acceptors (Lipinski definition) is 3. The Morgan fingerprint density at radius 1 is 0.964 bits per heavy atom. The Hall–Kier alpha value is -3.05. The lowest BCUT2D eigenvalue weighted by Gasteiger charge is -2.26. The first-order valence-corrected chi connectivity index (χ1v) is 10.6. The molecule has 1 atom stereocenters. The number of phenolic OH excluding ortho intramolecular Hbond substituents is 1. The highest BCUT2D eigenvalue weighted by Crippen LogP contribution is 2.41. The summed E-state index contributed by atoms with van der Waals surface area (Å²) in [5, 5.41) is 10.4. The summed E-state index contributed by atoms with van der Waals surface area (Å²) in [7, 11) is -3.74. The van der Waals surface area contributed by atoms with Crippen LogP contribution in [-0.2, 0) is 16.4 Å². The zero-order chi connectivity index (χ0) is 19.7. The standard InChI is InChI=1S/C23H21NO3S/c1-16-10-12-18(13-11-16)28(26,27)24-21-14-15-22(25)20-9-5-8-19(23(20)21)17-6-3-2-4-7-17/h2-8,10-15,19,24-25H,9H2,1H3. The van der Waals surface area contributed by atoms with Gasteiger partial charge in [0.25, 0.3) is 10.0 Å². The Morgan fingerprint density at radius 3 is 2.39 bits per heavy atom. The smallest absolute Gasteiger partial charge is 0.261 e. The van der Waals surface area contributed by atoms with Crippen LogP contribution in [0, 0.1) is 6.92 Å². The molecule has 0 saturated heterocycles. The minimum Gasteiger partial charge on any atom is -0.508 e. The Morgan fingerprint density at radius 2 is 1.68 bits per heavy atom. The fourth-order valence-electron chi connectivity index (χ4n) is 3.59. The van der Waals surface area contributed by atoms with E-state index in [-0.39, 0.29) is 16.6 Å². The maximum atomic E-state index is 12.9. The SMILES string of the molecule is Cc1ccc(S(=O)(=O)Nc2ccc(O)c3c2C(c2ccccc2)C=CC3)cc1. The summed E-state index contributed by atoms with van der Waals surface area (Å²) in [6, 6.07) is 19.8. The molecule has 4 rings (SSSR count). The first-order valence-electron chi connectivity index (χ1n) is 9.11. The van der Waals surface area contributed by atoms with Gasteiger partial charge in [0.2, 0.25) is 0 Å². The molecule has 4 nitrogen and oxygen atoms in total. The van der Waals surface area contributed by atoms with Crippen LogP contribution >= 0.6 is 0 Å². The molecule has 0 bridgehead atoms. The molecule has 3 aromatic rings. The van der Waals surface area contributed by atoms with Gasteiger partial charge in [-0.25, -0.2) is 8.42 Å². The van der Waals surface area contributed by atoms with Gasteiger partial charge in [0, 0.05) is 11.5 Å². The van der Waals surface area contributed by atoms with Gasteiger partial charge >= 0.3 is 0 Å². The minimum absolute atomic E-state index is 0.132. The van der Waals surface area contributed by atoms with Crippen LogP contribution in [0.4, 0.5) is 5.69 Å². The highest BCUT2D eigenvalue weighted by Gasteiger charge is 2.26. The second-order valence-corrected chi connectivity index (χ2v) is 8.65. The van der Waals surface area contributed by atoms with Gasteiger partial charge in [0.1, 0.15) is 5.75 Å². The van der Waals surface area contributed by atoms with E-state index in [2.05, 4.69) is 10.8 Å². The Labute approximate surface area is 165 Å². The van der Waals surface area contributed by atoms with Gasteiger partial charge in [0.05, 0.1) is 10.6 Å². The number of benzene rings is 3. The minimum atomic E-state index is -3.74. The second kappa shape index (κ2) is 7.17. The number of anilines is 1. The zero-order valence-electron chi connectivity index (χ0n) is 15.5. The molecule has 1 aliphatic carbocycles. The van der Waals surface area contributed by atoms with Crippen LogP contribution in [0.25, 0.3) is 0 Å². The van der Waals surface area contributed by atoms with Crippen molar-refractivity contribution in [1.29, 1.82) is 0 Å². The van der Waals surface area contributed by atoms with Crippen molar-refractivity contribution in [3.8, 4) is 5.75 Å². The lowest BCUT2D eigenvalue weighted by Crippen LogP contribution is -2.17. The van der Waals surface area contributed by atoms with Crippen molar-refractivity contribution in [1.82, 2.24) is 0 Å². The van der Waals surface area contributed by atoms with Crippen LogP contribution in [-0.4, -0.2) is 13.5 Å². The van der Waals surface area contributed by atoms with E-state index in [1.54, 1.807) is 36.4 Å². The summed E-state index contributed by atoms with van der Waals surface area (Å²) >= 11 is 0. The number of fused-ring (bicyclic) bond motifs is 1. The molecule has 2 N–H and O–H groups in total. The van der Waals surface area contributed by atoms with Crippen molar-refractivity contribution in [2.75, 3.05) is 4.72 Å². The van der Waals surface area contributed by atoms with E-state index in [0.29, 0.717) is 12.1 Å². The van der Waals surface area contributed by atoms with Crippen molar-refractivity contribution in [2.24, 2.45) is 0 Å². The number of aromatic hydroxyl groups is 1. The third-order valence-corrected chi connectivity index (χ3v) is 6.41. The molecule has 3 aromatic carbocycles. The molecule has 0 saturated carbocycles. The largest absolute Gasteiger partial charge is 0.508 e. The van der Waals surface area contributed by atoms with E-state index < -0.39 is 10.0 Å². The first-order chi connectivity index (χ1) is 13.5. The van der Waals surface area contributed by atoms with Gasteiger partial charge in [-0.2, -0.15) is 0 Å². The average molecular weight is 391 g/mol. The molecule has 142 valence electrons. The summed E-state index contributed by atoms with van der Waals surface area (Å²) in [6.45, 7) is 1.91. The number of sulfonamides is 1. The van der Waals surface area contributed by atoms with Crippen molar-refractivity contribution >= 4 is 15.7 Å². The number of allylic oxidation sites excluding steroid dienone is 2. The van der Waals surface area contributed by atoms with Gasteiger partial charge in [-0.1, -0.05) is 60.2 Å². The first kappa shape index (κ1) is 18.3. The van der Waals surface area contributed by atoms with E-state index in [0.717, 1.165) is 22.3 Å². The van der Waals surface area contributed by atoms with Crippen molar-refractivity contribution < 1.29 is 13.5 Å². The van der Waals surface area contributed by atoms with Gasteiger partial charge in [-0.3, -0.25) is 4.72 Å². The molecular formula is C23H21NO3S. The lowest BCUT2D eigenvalue weighted by molar-refractivity contribution is 0.468. The molecule has 1 unspecified atom stereocenters. The Bertz CT molecular complexity index is 1130. The van der Waals surface area contributed by atoms with Crippen LogP contribution < -0.4 is 4.72 Å². The normalized spacial score (nSPS) is 15.8. The molecule has 0 heterocycles. The molecule has 0 aromatic heterocycles. The number of aryl methyl sites for hydroxylation is 1. The topological polar surface area (TPSA) is 66.4 Å². The Balaban J connectivity index is 1.80. The van der Waals surface area contributed by atoms with Gasteiger partial charge < -0.3 is 5.11 Å². The summed E-state index contributed by atoms with van der Waals surface area (Å²) < 4.78 is 28.6. The third kappa shape index (κ3) is 3.41. The van der Waals surface area contributed by atoms with Crippen LogP contribution in [0.2, 0.25) is 0 Å². The lowest BCUT2D eigenvalue weighted by atomic mass is 9.82. The summed E-state index contributed by atoms with van der Waals surface area (Å²) in [5.41, 5.74) is 4.08. The molecule has 1 aliphatic rings. The monoisotopic (exact) mass is 391 g/mol. The summed E-state index contributed by atoms with van der Waals surface area (Å²) in [4.78, 5) is 0.211. The van der Waals surface area contributed by atoms with E-state index in [9.17, 15) is 13.5 Å². The average Bonchev–Trinajstić information content (AvgIpc) is 2.71. The van der Waals surface area contributed by atoms with E-state index in [4.69, 9.17) is 0 Å². The third-order valence-electron chi connectivity index (χ3n) is 5.03. The molecule has 0 amide bonds. The molecule has 0 spiro atoms. The van der Waals surface area contributed by atoms with Crippen LogP contribution in [0.5, 0.6) is 5.75 Å². The summed E-state index contributed by atoms with van der Waals surface area (Å²) in [5.74, 6) is 0.0475. The predicted molar refractivity (Wildman–Crippen MR) is 111 cm³/mol. The Kier molecular flexibility index (Phi) is 4.69. The van der Waals surface area contributed by atoms with E-state index >= 15 is 0 Å². The second-order valence-electron chi connectivity index (χ2n) is 6.96. The van der Waals surface area contributed by atoms with Crippen molar-refractivity contribution in [2.45, 2.75) is 24.2 Å². The van der Waals surface area contributed by atoms with Crippen molar-refractivity contribution in [3.05, 3.63) is 101 Å². The highest BCUT2D eigenvalue weighted by atomic mass is 32.2. The molecule has 0 radical (unpaired) electrons. The maximum Gasteiger partial charge on any atom is 0.261 e. The molecule has 28 heavy (non-hydrogen) atoms. The van der Waals surface area contributed by atoms with Gasteiger partial charge in [-0.05, 0) is 48.7 Å². The predicted octanol–water partition coefficient (Wildman–Crippen LogP) is 4.75. The molecule has 0 fully saturated rings. The number of hydrogen-bond donors (Lipinski definition) is 2. The molecular weight excluding hydrogens is 370 g/mol. The van der Waals surface area contributed by atoms with Gasteiger partial charge in [0.15, 0.2) is 0 Å². The quantitative estimate of drug-likeness (QED) is 0.498. The van der Waals surface area contributed by atoms with E-state index in [1.807, 2.05) is 43.3 Å². The molecule has 0 aliphatic heterocycles. The number of rotatable bonds is 4. The van der Waals surface area contributed by atoms with Crippen LogP contribution in [0.15, 0.2) is 83.8 Å². The fourth-order valence-corrected chi connectivity index (χ4v) is 4.67. The van der Waals surface area contributed by atoms with Gasteiger partial charge in [-0.15, -0.1) is 0 Å². The number of nitrogens with one attached hydrogen (secondary N) is 1. The summed E-state index contributed by atoms with van der Waals surface area (Å²) in [6.07, 6.45) is 4.63. The van der Waals surface area contributed by atoms with Crippen LogP contribution in [0.1, 0.15) is 28.2 Å². The zero-order valence-corrected chi connectivity index (χ0v) is 16.3. The van der Waals surface area contributed by atoms with Crippen LogP contribution in [0.3, 0.4) is 0 Å². The maximum absolute atomic E-state index is 12.9. The molecule has 5 heteroatoms.